The molecular formula is C16H18ClN7O. The number of hydrogen-bond acceptors (Lipinski definition) is 6. The molecule has 130 valence electrons. The predicted octanol–water partition coefficient (Wildman–Crippen LogP) is 2.69. The topological polar surface area (TPSA) is 108 Å². The first kappa shape index (κ1) is 17.0. The van der Waals surface area contributed by atoms with E-state index in [4.69, 9.17) is 11.6 Å². The summed E-state index contributed by atoms with van der Waals surface area (Å²) in [4.78, 5) is 18.7. The molecule has 0 aliphatic rings. The maximum Gasteiger partial charge on any atom is 0.207 e. The molecule has 4 N–H and O–H groups in total. The van der Waals surface area contributed by atoms with Crippen LogP contribution in [0.15, 0.2) is 30.6 Å². The van der Waals surface area contributed by atoms with Crippen LogP contribution in [0.2, 0.25) is 5.02 Å². The number of hydrogen-bond donors (Lipinski definition) is 4. The normalized spacial score (nSPS) is 10.6. The van der Waals surface area contributed by atoms with Crippen LogP contribution in [0.5, 0.6) is 0 Å². The van der Waals surface area contributed by atoms with Crippen molar-refractivity contribution in [3.63, 3.8) is 0 Å². The Morgan fingerprint density at radius 1 is 1.16 bits per heavy atom. The highest BCUT2D eigenvalue weighted by Gasteiger charge is 2.12. The molecule has 2 heterocycles. The number of nitrogens with one attached hydrogen (secondary N) is 4. The molecule has 3 rings (SSSR count). The third-order valence-electron chi connectivity index (χ3n) is 3.57. The van der Waals surface area contributed by atoms with Gasteiger partial charge in [-0.25, -0.2) is 9.97 Å². The van der Waals surface area contributed by atoms with E-state index >= 15 is 0 Å². The molecule has 0 aliphatic carbocycles. The molecule has 0 unspecified atom stereocenters. The summed E-state index contributed by atoms with van der Waals surface area (Å²) in [6, 6.07) is 7.41. The van der Waals surface area contributed by atoms with Crippen LogP contribution >= 0.6 is 11.6 Å². The van der Waals surface area contributed by atoms with Gasteiger partial charge in [0, 0.05) is 23.8 Å². The zero-order valence-corrected chi connectivity index (χ0v) is 14.2. The van der Waals surface area contributed by atoms with Crippen molar-refractivity contribution >= 4 is 46.4 Å². The molecule has 0 aliphatic heterocycles. The summed E-state index contributed by atoms with van der Waals surface area (Å²) in [5.74, 6) is 1.33. The molecule has 9 heteroatoms. The molecule has 1 aromatic carbocycles. The van der Waals surface area contributed by atoms with E-state index in [9.17, 15) is 4.79 Å². The monoisotopic (exact) mass is 359 g/mol. The van der Waals surface area contributed by atoms with Crippen LogP contribution in [-0.4, -0.2) is 39.7 Å². The van der Waals surface area contributed by atoms with Gasteiger partial charge in [-0.15, -0.1) is 0 Å². The third-order valence-corrected chi connectivity index (χ3v) is 3.80. The van der Waals surface area contributed by atoms with E-state index in [0.29, 0.717) is 35.3 Å². The van der Waals surface area contributed by atoms with E-state index < -0.39 is 0 Å². The Labute approximate surface area is 149 Å². The van der Waals surface area contributed by atoms with Gasteiger partial charge in [0.25, 0.3) is 0 Å². The number of halogens is 1. The van der Waals surface area contributed by atoms with E-state index in [2.05, 4.69) is 36.1 Å². The number of aromatic nitrogens is 4. The number of fused-ring (bicyclic) bond motifs is 1. The maximum absolute atomic E-state index is 10.2. The number of nitrogens with zero attached hydrogens (tertiary/aromatic N) is 3. The summed E-state index contributed by atoms with van der Waals surface area (Å²) in [5, 5.41) is 17.8. The van der Waals surface area contributed by atoms with E-state index in [1.165, 1.54) is 6.33 Å². The van der Waals surface area contributed by atoms with Gasteiger partial charge in [0.2, 0.25) is 6.41 Å². The smallest absolute Gasteiger partial charge is 0.207 e. The van der Waals surface area contributed by atoms with Gasteiger partial charge in [-0.2, -0.15) is 5.10 Å². The number of amides is 1. The van der Waals surface area contributed by atoms with E-state index in [-0.39, 0.29) is 0 Å². The summed E-state index contributed by atoms with van der Waals surface area (Å²) in [6.07, 6.45) is 3.97. The lowest BCUT2D eigenvalue weighted by Gasteiger charge is -2.08. The first-order chi connectivity index (χ1) is 12.3. The summed E-state index contributed by atoms with van der Waals surface area (Å²) in [5.41, 5.74) is 1.48. The van der Waals surface area contributed by atoms with Crippen LogP contribution in [0, 0.1) is 0 Å². The summed E-state index contributed by atoms with van der Waals surface area (Å²) in [7, 11) is 0. The van der Waals surface area contributed by atoms with Gasteiger partial charge in [0.15, 0.2) is 11.5 Å². The molecule has 0 spiro atoms. The summed E-state index contributed by atoms with van der Waals surface area (Å²) >= 11 is 6.03. The second kappa shape index (κ2) is 8.29. The first-order valence-electron chi connectivity index (χ1n) is 7.90. The van der Waals surface area contributed by atoms with Crippen molar-refractivity contribution in [2.75, 3.05) is 23.7 Å². The fourth-order valence-electron chi connectivity index (χ4n) is 2.40. The van der Waals surface area contributed by atoms with Gasteiger partial charge in [0.1, 0.15) is 17.5 Å². The maximum atomic E-state index is 10.2. The van der Waals surface area contributed by atoms with Crippen molar-refractivity contribution in [3.05, 3.63) is 35.6 Å². The molecule has 2 aromatic heterocycles. The Kier molecular flexibility index (Phi) is 5.63. The van der Waals surface area contributed by atoms with Gasteiger partial charge in [-0.05, 0) is 31.0 Å². The molecule has 0 atom stereocenters. The van der Waals surface area contributed by atoms with Crippen LogP contribution in [-0.2, 0) is 4.79 Å². The van der Waals surface area contributed by atoms with E-state index in [1.54, 1.807) is 0 Å². The first-order valence-corrected chi connectivity index (χ1v) is 8.28. The summed E-state index contributed by atoms with van der Waals surface area (Å²) in [6.45, 7) is 1.39. The molecule has 1 amide bonds. The Balaban J connectivity index is 1.73. The van der Waals surface area contributed by atoms with Gasteiger partial charge in [-0.1, -0.05) is 17.7 Å². The second-order valence-corrected chi connectivity index (χ2v) is 5.80. The Morgan fingerprint density at radius 2 is 2.04 bits per heavy atom. The largest absolute Gasteiger partial charge is 0.368 e. The zero-order valence-electron chi connectivity index (χ0n) is 13.4. The number of aromatic amines is 1. The molecule has 0 radical (unpaired) electrons. The van der Waals surface area contributed by atoms with Crippen LogP contribution < -0.4 is 16.0 Å². The average molecular weight is 360 g/mol. The lowest BCUT2D eigenvalue weighted by atomic mass is 10.3. The predicted molar refractivity (Wildman–Crippen MR) is 98.2 cm³/mol. The minimum Gasteiger partial charge on any atom is -0.368 e. The lowest BCUT2D eigenvalue weighted by molar-refractivity contribution is -0.109. The van der Waals surface area contributed by atoms with Crippen molar-refractivity contribution < 1.29 is 4.79 Å². The lowest BCUT2D eigenvalue weighted by Crippen LogP contribution is -2.13. The highest BCUT2D eigenvalue weighted by Crippen LogP contribution is 2.28. The average Bonchev–Trinajstić information content (AvgIpc) is 3.02. The van der Waals surface area contributed by atoms with E-state index in [0.717, 1.165) is 30.5 Å². The zero-order chi connectivity index (χ0) is 17.5. The molecule has 8 nitrogen and oxygen atoms in total. The Morgan fingerprint density at radius 3 is 2.88 bits per heavy atom. The number of anilines is 3. The molecule has 0 fully saturated rings. The quantitative estimate of drug-likeness (QED) is 0.345. The minimum absolute atomic E-state index is 0.643. The molecule has 25 heavy (non-hydrogen) atoms. The van der Waals surface area contributed by atoms with Crippen molar-refractivity contribution in [1.82, 2.24) is 25.5 Å². The van der Waals surface area contributed by atoms with Gasteiger partial charge in [0.05, 0.1) is 0 Å². The highest BCUT2D eigenvalue weighted by molar-refractivity contribution is 6.30. The Hall–Kier alpha value is -2.87. The Bertz CT molecular complexity index is 851. The molecule has 3 aromatic rings. The van der Waals surface area contributed by atoms with Crippen LogP contribution in [0.3, 0.4) is 0 Å². The number of rotatable bonds is 9. The van der Waals surface area contributed by atoms with E-state index in [1.807, 2.05) is 24.3 Å². The minimum atomic E-state index is 0.643. The standard InChI is InChI=1S/C16H18ClN7O/c17-11-4-3-5-12(8-11)22-14-13-15(19-7-2-1-6-18-10-25)23-24-16(13)21-9-20-14/h3-5,8-10H,1-2,6-7H2,(H,18,25)(H3,19,20,21,22,23,24). The second-order valence-electron chi connectivity index (χ2n) is 5.36. The van der Waals surface area contributed by atoms with Crippen molar-refractivity contribution in [2.45, 2.75) is 12.8 Å². The number of unbranched alkanes of at least 4 members (excludes halogenated alkanes) is 1. The van der Waals surface area contributed by atoms with Crippen LogP contribution in [0.1, 0.15) is 12.8 Å². The fourth-order valence-corrected chi connectivity index (χ4v) is 2.59. The number of carbonyl (C=O) groups excluding carboxylic acids is 1. The number of carbonyl (C=O) groups is 1. The van der Waals surface area contributed by atoms with Gasteiger partial charge < -0.3 is 16.0 Å². The number of benzene rings is 1. The van der Waals surface area contributed by atoms with Crippen LogP contribution in [0.25, 0.3) is 11.0 Å². The molecule has 0 saturated carbocycles. The number of H-pyrrole nitrogens is 1. The van der Waals surface area contributed by atoms with Crippen molar-refractivity contribution in [2.24, 2.45) is 0 Å². The van der Waals surface area contributed by atoms with Crippen molar-refractivity contribution in [3.8, 4) is 0 Å². The summed E-state index contributed by atoms with van der Waals surface area (Å²) < 4.78 is 0. The third kappa shape index (κ3) is 4.36. The van der Waals surface area contributed by atoms with Crippen LogP contribution in [0.4, 0.5) is 17.3 Å². The van der Waals surface area contributed by atoms with Crippen molar-refractivity contribution in [1.29, 1.82) is 0 Å². The van der Waals surface area contributed by atoms with Gasteiger partial charge in [-0.3, -0.25) is 9.89 Å². The molecular weight excluding hydrogens is 342 g/mol. The van der Waals surface area contributed by atoms with Gasteiger partial charge >= 0.3 is 0 Å². The SMILES string of the molecule is O=CNCCCCNc1n[nH]c2ncnc(Nc3cccc(Cl)c3)c12. The molecule has 0 bridgehead atoms. The fraction of sp³-hybridized carbons (Fsp3) is 0.250. The molecule has 0 saturated heterocycles. The highest BCUT2D eigenvalue weighted by atomic mass is 35.5.